The standard InChI is InChI=1S/C18H21N3O2/c22-18(23)14-8-15-11-20(12-16(15)9-14)10-13-2-4-17(5-3-13)21-7-1-6-19-21/h1-7,14-16H,8-12H2,(H,22,23)/t14?,15-,16+. The second kappa shape index (κ2) is 5.81. The van der Waals surface area contributed by atoms with Gasteiger partial charge in [-0.3, -0.25) is 9.69 Å². The van der Waals surface area contributed by atoms with Crippen LogP contribution in [0.4, 0.5) is 0 Å². The number of hydrogen-bond donors (Lipinski definition) is 1. The van der Waals surface area contributed by atoms with Crippen LogP contribution in [0.5, 0.6) is 0 Å². The first-order chi connectivity index (χ1) is 11.2. The summed E-state index contributed by atoms with van der Waals surface area (Å²) in [5.41, 5.74) is 2.37. The topological polar surface area (TPSA) is 58.4 Å². The van der Waals surface area contributed by atoms with Gasteiger partial charge in [-0.1, -0.05) is 12.1 Å². The van der Waals surface area contributed by atoms with Gasteiger partial charge in [0.15, 0.2) is 0 Å². The Labute approximate surface area is 135 Å². The average Bonchev–Trinajstić information content (AvgIpc) is 3.23. The molecule has 1 saturated carbocycles. The van der Waals surface area contributed by atoms with Gasteiger partial charge < -0.3 is 5.11 Å². The molecule has 2 fully saturated rings. The number of nitrogens with zero attached hydrogens (tertiary/aromatic N) is 3. The molecule has 0 bridgehead atoms. The van der Waals surface area contributed by atoms with E-state index >= 15 is 0 Å². The highest BCUT2D eigenvalue weighted by atomic mass is 16.4. The average molecular weight is 311 g/mol. The summed E-state index contributed by atoms with van der Waals surface area (Å²) >= 11 is 0. The zero-order valence-corrected chi connectivity index (χ0v) is 13.0. The van der Waals surface area contributed by atoms with E-state index in [0.717, 1.165) is 38.2 Å². The molecule has 5 heteroatoms. The fraction of sp³-hybridized carbons (Fsp3) is 0.444. The number of hydrogen-bond acceptors (Lipinski definition) is 3. The van der Waals surface area contributed by atoms with Crippen LogP contribution < -0.4 is 0 Å². The van der Waals surface area contributed by atoms with E-state index in [1.807, 2.05) is 16.9 Å². The first-order valence-electron chi connectivity index (χ1n) is 8.23. The van der Waals surface area contributed by atoms with Gasteiger partial charge in [0.25, 0.3) is 0 Å². The van der Waals surface area contributed by atoms with E-state index in [1.165, 1.54) is 5.56 Å². The second-order valence-electron chi connectivity index (χ2n) is 6.84. The van der Waals surface area contributed by atoms with Gasteiger partial charge in [-0.2, -0.15) is 5.10 Å². The Morgan fingerprint density at radius 2 is 1.87 bits per heavy atom. The Bertz CT molecular complexity index is 667. The molecule has 120 valence electrons. The maximum Gasteiger partial charge on any atom is 0.306 e. The minimum Gasteiger partial charge on any atom is -0.481 e. The van der Waals surface area contributed by atoms with E-state index < -0.39 is 5.97 Å². The van der Waals surface area contributed by atoms with E-state index in [-0.39, 0.29) is 5.92 Å². The molecule has 1 unspecified atom stereocenters. The van der Waals surface area contributed by atoms with Crippen molar-refractivity contribution in [3.63, 3.8) is 0 Å². The maximum atomic E-state index is 11.1. The van der Waals surface area contributed by atoms with Crippen molar-refractivity contribution in [2.45, 2.75) is 19.4 Å². The monoisotopic (exact) mass is 311 g/mol. The van der Waals surface area contributed by atoms with Crippen LogP contribution in [-0.2, 0) is 11.3 Å². The summed E-state index contributed by atoms with van der Waals surface area (Å²) in [7, 11) is 0. The fourth-order valence-corrected chi connectivity index (χ4v) is 4.16. The SMILES string of the molecule is O=C(O)C1C[C@@H]2CN(Cc3ccc(-n4cccn4)cc3)C[C@@H]2C1. The number of likely N-dealkylation sites (tertiary alicyclic amines) is 1. The largest absolute Gasteiger partial charge is 0.481 e. The third-order valence-electron chi connectivity index (χ3n) is 5.29. The van der Waals surface area contributed by atoms with Gasteiger partial charge >= 0.3 is 5.97 Å². The highest BCUT2D eigenvalue weighted by Gasteiger charge is 2.43. The summed E-state index contributed by atoms with van der Waals surface area (Å²) in [5, 5.41) is 13.4. The number of carbonyl (C=O) groups is 1. The zero-order chi connectivity index (χ0) is 15.8. The van der Waals surface area contributed by atoms with Crippen molar-refractivity contribution in [1.82, 2.24) is 14.7 Å². The normalized spacial score (nSPS) is 27.2. The van der Waals surface area contributed by atoms with Crippen LogP contribution in [-0.4, -0.2) is 38.8 Å². The Morgan fingerprint density at radius 3 is 2.43 bits per heavy atom. The second-order valence-corrected chi connectivity index (χ2v) is 6.84. The molecular weight excluding hydrogens is 290 g/mol. The Kier molecular flexibility index (Phi) is 3.65. The minimum atomic E-state index is -0.611. The molecule has 1 aromatic carbocycles. The number of aliphatic carboxylic acids is 1. The van der Waals surface area contributed by atoms with Crippen molar-refractivity contribution in [3.8, 4) is 5.69 Å². The van der Waals surface area contributed by atoms with Crippen molar-refractivity contribution >= 4 is 5.97 Å². The molecule has 1 aromatic heterocycles. The summed E-state index contributed by atoms with van der Waals surface area (Å²) in [6, 6.07) is 10.4. The lowest BCUT2D eigenvalue weighted by molar-refractivity contribution is -0.141. The Balaban J connectivity index is 1.36. The zero-order valence-electron chi connectivity index (χ0n) is 13.0. The van der Waals surface area contributed by atoms with Crippen molar-refractivity contribution in [1.29, 1.82) is 0 Å². The molecule has 1 aliphatic carbocycles. The van der Waals surface area contributed by atoms with E-state index in [2.05, 4.69) is 34.3 Å². The van der Waals surface area contributed by atoms with Crippen LogP contribution in [0.1, 0.15) is 18.4 Å². The molecule has 3 atom stereocenters. The molecule has 0 amide bonds. The first kappa shape index (κ1) is 14.5. The number of aromatic nitrogens is 2. The predicted molar refractivity (Wildman–Crippen MR) is 86.2 cm³/mol. The third-order valence-corrected chi connectivity index (χ3v) is 5.29. The molecule has 0 radical (unpaired) electrons. The molecule has 1 aliphatic heterocycles. The van der Waals surface area contributed by atoms with Crippen LogP contribution in [0.2, 0.25) is 0 Å². The third kappa shape index (κ3) is 2.88. The maximum absolute atomic E-state index is 11.1. The molecular formula is C18H21N3O2. The van der Waals surface area contributed by atoms with Crippen molar-refractivity contribution in [3.05, 3.63) is 48.3 Å². The highest BCUT2D eigenvalue weighted by Crippen LogP contribution is 2.41. The smallest absolute Gasteiger partial charge is 0.306 e. The van der Waals surface area contributed by atoms with E-state index in [4.69, 9.17) is 5.11 Å². The molecule has 5 nitrogen and oxygen atoms in total. The number of fused-ring (bicyclic) bond motifs is 1. The van der Waals surface area contributed by atoms with E-state index in [0.29, 0.717) is 11.8 Å². The van der Waals surface area contributed by atoms with Crippen LogP contribution in [0.3, 0.4) is 0 Å². The van der Waals surface area contributed by atoms with Gasteiger partial charge in [0.2, 0.25) is 0 Å². The molecule has 4 rings (SSSR count). The summed E-state index contributed by atoms with van der Waals surface area (Å²) in [6.45, 7) is 3.02. The first-order valence-corrected chi connectivity index (χ1v) is 8.23. The van der Waals surface area contributed by atoms with Gasteiger partial charge in [0, 0.05) is 32.0 Å². The molecule has 2 aliphatic rings. The number of benzene rings is 1. The van der Waals surface area contributed by atoms with Crippen LogP contribution >= 0.6 is 0 Å². The van der Waals surface area contributed by atoms with E-state index in [9.17, 15) is 4.79 Å². The Hall–Kier alpha value is -2.14. The van der Waals surface area contributed by atoms with Gasteiger partial charge in [0.05, 0.1) is 11.6 Å². The van der Waals surface area contributed by atoms with Gasteiger partial charge in [-0.15, -0.1) is 0 Å². The minimum absolute atomic E-state index is 0.111. The number of carboxylic acids is 1. The summed E-state index contributed by atoms with van der Waals surface area (Å²) in [6.07, 6.45) is 5.43. The molecule has 1 N–H and O–H groups in total. The molecule has 23 heavy (non-hydrogen) atoms. The van der Waals surface area contributed by atoms with Gasteiger partial charge in [-0.05, 0) is 48.4 Å². The van der Waals surface area contributed by atoms with Crippen LogP contribution in [0.15, 0.2) is 42.7 Å². The van der Waals surface area contributed by atoms with Crippen molar-refractivity contribution < 1.29 is 9.90 Å². The lowest BCUT2D eigenvalue weighted by Crippen LogP contribution is -2.23. The highest BCUT2D eigenvalue weighted by molar-refractivity contribution is 5.70. The summed E-state index contributed by atoms with van der Waals surface area (Å²) in [5.74, 6) is 0.416. The van der Waals surface area contributed by atoms with Gasteiger partial charge in [-0.25, -0.2) is 4.68 Å². The van der Waals surface area contributed by atoms with Crippen LogP contribution in [0, 0.1) is 17.8 Å². The fourth-order valence-electron chi connectivity index (χ4n) is 4.16. The molecule has 0 spiro atoms. The van der Waals surface area contributed by atoms with Gasteiger partial charge in [0.1, 0.15) is 0 Å². The number of carboxylic acid groups (broad SMARTS) is 1. The van der Waals surface area contributed by atoms with Crippen molar-refractivity contribution in [2.75, 3.05) is 13.1 Å². The summed E-state index contributed by atoms with van der Waals surface area (Å²) in [4.78, 5) is 13.6. The summed E-state index contributed by atoms with van der Waals surface area (Å²) < 4.78 is 1.86. The molecule has 1 saturated heterocycles. The van der Waals surface area contributed by atoms with E-state index in [1.54, 1.807) is 6.20 Å². The van der Waals surface area contributed by atoms with Crippen molar-refractivity contribution in [2.24, 2.45) is 17.8 Å². The predicted octanol–water partition coefficient (Wildman–Crippen LogP) is 2.41. The van der Waals surface area contributed by atoms with Crippen LogP contribution in [0.25, 0.3) is 5.69 Å². The lowest BCUT2D eigenvalue weighted by atomic mass is 10.0. The lowest BCUT2D eigenvalue weighted by Gasteiger charge is -2.18. The quantitative estimate of drug-likeness (QED) is 0.942. The molecule has 2 aromatic rings. The Morgan fingerprint density at radius 1 is 1.17 bits per heavy atom. The molecule has 2 heterocycles. The number of rotatable bonds is 4.